The first-order valence-corrected chi connectivity index (χ1v) is 11.3. The predicted octanol–water partition coefficient (Wildman–Crippen LogP) is 5.56. The summed E-state index contributed by atoms with van der Waals surface area (Å²) in [6.07, 6.45) is 4.03. The molecular formula is C25H26FN5OS. The summed E-state index contributed by atoms with van der Waals surface area (Å²) in [5.74, 6) is 0.758. The van der Waals surface area contributed by atoms with Gasteiger partial charge >= 0.3 is 0 Å². The van der Waals surface area contributed by atoms with E-state index in [2.05, 4.69) is 26.9 Å². The van der Waals surface area contributed by atoms with Crippen LogP contribution in [-0.2, 0) is 6.42 Å². The molecule has 4 N–H and O–H groups in total. The first-order valence-electron chi connectivity index (χ1n) is 10.5. The zero-order chi connectivity index (χ0) is 23.5. The van der Waals surface area contributed by atoms with Crippen molar-refractivity contribution in [3.63, 3.8) is 0 Å². The van der Waals surface area contributed by atoms with Gasteiger partial charge in [0, 0.05) is 40.3 Å². The Kier molecular flexibility index (Phi) is 6.46. The van der Waals surface area contributed by atoms with Crippen LogP contribution < -0.4 is 15.8 Å². The second kappa shape index (κ2) is 9.46. The number of ether oxygens (including phenoxy) is 1. The Morgan fingerprint density at radius 2 is 2.15 bits per heavy atom. The van der Waals surface area contributed by atoms with E-state index >= 15 is 0 Å². The van der Waals surface area contributed by atoms with Crippen molar-refractivity contribution in [1.82, 2.24) is 9.97 Å². The molecule has 170 valence electrons. The lowest BCUT2D eigenvalue weighted by Gasteiger charge is -2.05. The Morgan fingerprint density at radius 3 is 2.85 bits per heavy atom. The molecule has 0 saturated carbocycles. The first kappa shape index (κ1) is 22.5. The molecule has 0 bridgehead atoms. The van der Waals surface area contributed by atoms with Crippen LogP contribution in [0.1, 0.15) is 21.7 Å². The number of methoxy groups -OCH3 is 1. The molecule has 0 unspecified atom stereocenters. The van der Waals surface area contributed by atoms with Gasteiger partial charge in [-0.3, -0.25) is 4.99 Å². The monoisotopic (exact) mass is 463 g/mol. The third-order valence-corrected chi connectivity index (χ3v) is 6.73. The fraction of sp³-hybridized carbons (Fsp3) is 0.200. The third kappa shape index (κ3) is 4.47. The highest BCUT2D eigenvalue weighted by Gasteiger charge is 2.16. The topological polar surface area (TPSA) is 88.3 Å². The number of nitrogens with one attached hydrogen (secondary N) is 2. The van der Waals surface area contributed by atoms with Crippen molar-refractivity contribution < 1.29 is 9.13 Å². The molecule has 4 rings (SSSR count). The number of pyridine rings is 1. The quantitative estimate of drug-likeness (QED) is 0.236. The number of amidine groups is 1. The largest absolute Gasteiger partial charge is 0.481 e. The summed E-state index contributed by atoms with van der Waals surface area (Å²) >= 11 is 1.53. The zero-order valence-corrected chi connectivity index (χ0v) is 19.6. The van der Waals surface area contributed by atoms with Crippen LogP contribution in [0.4, 0.5) is 10.1 Å². The fourth-order valence-electron chi connectivity index (χ4n) is 3.90. The minimum absolute atomic E-state index is 0.243. The molecule has 8 heteroatoms. The van der Waals surface area contributed by atoms with Crippen molar-refractivity contribution in [2.45, 2.75) is 20.3 Å². The average molecular weight is 464 g/mol. The second-order valence-electron chi connectivity index (χ2n) is 7.65. The number of H-pyrrole nitrogens is 1. The van der Waals surface area contributed by atoms with E-state index in [4.69, 9.17) is 10.5 Å². The molecule has 0 saturated heterocycles. The van der Waals surface area contributed by atoms with Crippen molar-refractivity contribution >= 4 is 33.8 Å². The van der Waals surface area contributed by atoms with Crippen LogP contribution in [0.15, 0.2) is 54.3 Å². The van der Waals surface area contributed by atoms with Crippen LogP contribution >= 0.6 is 11.3 Å². The van der Waals surface area contributed by atoms with Crippen molar-refractivity contribution in [3.05, 3.63) is 76.8 Å². The van der Waals surface area contributed by atoms with Gasteiger partial charge in [-0.15, -0.1) is 11.3 Å². The number of hydrogen-bond donors (Lipinski definition) is 3. The maximum absolute atomic E-state index is 14.2. The molecule has 0 aliphatic heterocycles. The molecular weight excluding hydrogens is 437 g/mol. The van der Waals surface area contributed by atoms with Crippen LogP contribution in [0, 0.1) is 19.7 Å². The van der Waals surface area contributed by atoms with Crippen LogP contribution in [0.25, 0.3) is 21.3 Å². The molecule has 6 nitrogen and oxygen atoms in total. The number of halogens is 1. The van der Waals surface area contributed by atoms with E-state index in [0.29, 0.717) is 30.2 Å². The standard InChI is InChI=1S/C25H26FN5OS/c1-5-28-19-12-20(16-7-9-21(32-4)30-13-16)33-24(19)25(27)29-11-10-17-15(3)31-23-18(26)8-6-14(2)22(17)23/h5-9,12-13,28,31H,1,10-11H2,2-4H3,(H2,27,29). The molecule has 0 aliphatic carbocycles. The first-order chi connectivity index (χ1) is 15.9. The molecule has 3 aromatic heterocycles. The van der Waals surface area contributed by atoms with E-state index in [1.807, 2.05) is 32.0 Å². The molecule has 0 amide bonds. The van der Waals surface area contributed by atoms with Crippen LogP contribution in [-0.4, -0.2) is 29.5 Å². The molecule has 0 fully saturated rings. The molecule has 33 heavy (non-hydrogen) atoms. The molecule has 0 atom stereocenters. The fourth-order valence-corrected chi connectivity index (χ4v) is 4.94. The van der Waals surface area contributed by atoms with Gasteiger partial charge in [-0.1, -0.05) is 12.6 Å². The minimum Gasteiger partial charge on any atom is -0.481 e. The van der Waals surface area contributed by atoms with Gasteiger partial charge in [0.15, 0.2) is 0 Å². The number of aryl methyl sites for hydroxylation is 2. The lowest BCUT2D eigenvalue weighted by atomic mass is 10.0. The summed E-state index contributed by atoms with van der Waals surface area (Å²) in [5.41, 5.74) is 11.8. The number of nitrogens with two attached hydrogens (primary N) is 1. The molecule has 4 aromatic rings. The van der Waals surface area contributed by atoms with E-state index in [1.165, 1.54) is 17.4 Å². The molecule has 0 aliphatic rings. The Balaban J connectivity index is 1.59. The zero-order valence-electron chi connectivity index (χ0n) is 18.8. The smallest absolute Gasteiger partial charge is 0.212 e. The van der Waals surface area contributed by atoms with Gasteiger partial charge in [0.25, 0.3) is 0 Å². The van der Waals surface area contributed by atoms with Crippen molar-refractivity contribution in [2.75, 3.05) is 19.0 Å². The summed E-state index contributed by atoms with van der Waals surface area (Å²) in [6, 6.07) is 9.08. The SMILES string of the molecule is C=CNc1cc(-c2ccc(OC)nc2)sc1C(N)=NCCc1c(C)[nH]c2c(F)ccc(C)c12. The van der Waals surface area contributed by atoms with Crippen LogP contribution in [0.3, 0.4) is 0 Å². The molecule has 0 spiro atoms. The maximum atomic E-state index is 14.2. The number of rotatable bonds is 8. The van der Waals surface area contributed by atoms with E-state index in [9.17, 15) is 4.39 Å². The summed E-state index contributed by atoms with van der Waals surface area (Å²) < 4.78 is 19.4. The Hall–Kier alpha value is -3.65. The van der Waals surface area contributed by atoms with Gasteiger partial charge < -0.3 is 20.8 Å². The molecule has 3 heterocycles. The summed E-state index contributed by atoms with van der Waals surface area (Å²) in [4.78, 5) is 13.9. The highest BCUT2D eigenvalue weighted by molar-refractivity contribution is 7.18. The number of fused-ring (bicyclic) bond motifs is 1. The predicted molar refractivity (Wildman–Crippen MR) is 135 cm³/mol. The van der Waals surface area contributed by atoms with E-state index in [-0.39, 0.29) is 5.82 Å². The second-order valence-corrected chi connectivity index (χ2v) is 8.70. The Morgan fingerprint density at radius 1 is 1.33 bits per heavy atom. The van der Waals surface area contributed by atoms with E-state index in [0.717, 1.165) is 43.2 Å². The van der Waals surface area contributed by atoms with Crippen LogP contribution in [0.5, 0.6) is 5.88 Å². The lowest BCUT2D eigenvalue weighted by Crippen LogP contribution is -2.14. The van der Waals surface area contributed by atoms with Gasteiger partial charge in [-0.25, -0.2) is 9.37 Å². The number of nitrogens with zero attached hydrogens (tertiary/aromatic N) is 2. The Bertz CT molecular complexity index is 1340. The lowest BCUT2D eigenvalue weighted by molar-refractivity contribution is 0.398. The highest BCUT2D eigenvalue weighted by atomic mass is 32.1. The number of thiophene rings is 1. The van der Waals surface area contributed by atoms with Gasteiger partial charge in [0.05, 0.1) is 23.2 Å². The summed E-state index contributed by atoms with van der Waals surface area (Å²) in [5, 5.41) is 4.07. The minimum atomic E-state index is -0.243. The van der Waals surface area contributed by atoms with Crippen LogP contribution in [0.2, 0.25) is 0 Å². The number of anilines is 1. The average Bonchev–Trinajstić information content (AvgIpc) is 3.39. The number of aliphatic imine (C=N–C) groups is 1. The maximum Gasteiger partial charge on any atom is 0.212 e. The molecule has 0 radical (unpaired) electrons. The number of benzene rings is 1. The number of aromatic amines is 1. The van der Waals surface area contributed by atoms with Gasteiger partial charge in [-0.2, -0.15) is 0 Å². The van der Waals surface area contributed by atoms with Crippen molar-refractivity contribution in [1.29, 1.82) is 0 Å². The van der Waals surface area contributed by atoms with Crippen molar-refractivity contribution in [3.8, 4) is 16.3 Å². The van der Waals surface area contributed by atoms with E-state index in [1.54, 1.807) is 25.6 Å². The summed E-state index contributed by atoms with van der Waals surface area (Å²) in [7, 11) is 1.59. The van der Waals surface area contributed by atoms with Crippen molar-refractivity contribution in [2.24, 2.45) is 10.7 Å². The highest BCUT2D eigenvalue weighted by Crippen LogP contribution is 2.35. The third-order valence-electron chi connectivity index (χ3n) is 5.53. The Labute approximate surface area is 196 Å². The normalized spacial score (nSPS) is 11.7. The van der Waals surface area contributed by atoms with Gasteiger partial charge in [0.2, 0.25) is 5.88 Å². The van der Waals surface area contributed by atoms with Gasteiger partial charge in [-0.05, 0) is 55.8 Å². The number of aromatic nitrogens is 2. The van der Waals surface area contributed by atoms with Gasteiger partial charge in [0.1, 0.15) is 11.7 Å². The summed E-state index contributed by atoms with van der Waals surface area (Å²) in [6.45, 7) is 8.20. The van der Waals surface area contributed by atoms with E-state index < -0.39 is 0 Å². The molecule has 1 aromatic carbocycles. The number of hydrogen-bond acceptors (Lipinski definition) is 5.